The molecule has 2 heteroatoms. The Labute approximate surface area is 291 Å². The third-order valence-corrected chi connectivity index (χ3v) is 10.7. The minimum Gasteiger partial charge on any atom is -0.293 e. The van der Waals surface area contributed by atoms with E-state index in [0.29, 0.717) is 0 Å². The van der Waals surface area contributed by atoms with E-state index in [9.17, 15) is 0 Å². The van der Waals surface area contributed by atoms with Gasteiger partial charge in [0.2, 0.25) is 0 Å². The molecule has 0 bridgehead atoms. The van der Waals surface area contributed by atoms with Crippen LogP contribution >= 0.6 is 0 Å². The average Bonchev–Trinajstić information content (AvgIpc) is 3.54. The molecule has 50 heavy (non-hydrogen) atoms. The monoisotopic (exact) mass is 638 g/mol. The van der Waals surface area contributed by atoms with Gasteiger partial charge in [0.1, 0.15) is 5.84 Å². The highest BCUT2D eigenvalue weighted by Crippen LogP contribution is 2.46. The minimum atomic E-state index is -0.0716. The van der Waals surface area contributed by atoms with Crippen LogP contribution in [0.4, 0.5) is 0 Å². The summed E-state index contributed by atoms with van der Waals surface area (Å²) in [5.74, 6) is 1.13. The maximum Gasteiger partial charge on any atom is 0.133 e. The third kappa shape index (κ3) is 4.38. The standard InChI is InChI=1S/C48H34N2/c1-31-42(33-17-6-3-7-18-33)30-44(49-47(31)36-21-14-20-35(29-36)32-15-4-2-5-16-32)50-43-26-13-12-25-41(43)46-45-37-22-9-8-19-34(37)27-28-39(45)38-23-10-11-24-40(38)48(46)50/h2-31,47H,1H3. The fourth-order valence-electron chi connectivity index (χ4n) is 8.40. The summed E-state index contributed by atoms with van der Waals surface area (Å²) in [5, 5.41) is 10.1. The second kappa shape index (κ2) is 11.4. The highest BCUT2D eigenvalue weighted by molar-refractivity contribution is 6.38. The number of allylic oxidation sites excluding steroid dienone is 1. The molecule has 2 nitrogen and oxygen atoms in total. The summed E-state index contributed by atoms with van der Waals surface area (Å²) in [4.78, 5) is 5.74. The molecule has 1 aliphatic rings. The molecule has 236 valence electrons. The van der Waals surface area contributed by atoms with E-state index in [4.69, 9.17) is 4.99 Å². The molecule has 0 saturated carbocycles. The number of para-hydroxylation sites is 1. The Balaban J connectivity index is 1.32. The first-order valence-electron chi connectivity index (χ1n) is 17.5. The normalized spacial score (nSPS) is 16.3. The largest absolute Gasteiger partial charge is 0.293 e. The van der Waals surface area contributed by atoms with Crippen molar-refractivity contribution in [1.29, 1.82) is 0 Å². The van der Waals surface area contributed by atoms with Crippen LogP contribution in [0.3, 0.4) is 0 Å². The Bertz CT molecular complexity index is 2820. The molecule has 0 aliphatic carbocycles. The van der Waals surface area contributed by atoms with Crippen molar-refractivity contribution >= 4 is 65.5 Å². The van der Waals surface area contributed by atoms with Gasteiger partial charge in [0.05, 0.1) is 17.1 Å². The van der Waals surface area contributed by atoms with E-state index in [2.05, 4.69) is 187 Å². The smallest absolute Gasteiger partial charge is 0.133 e. The molecule has 1 aliphatic heterocycles. The van der Waals surface area contributed by atoms with E-state index >= 15 is 0 Å². The Morgan fingerprint density at radius 3 is 1.92 bits per heavy atom. The van der Waals surface area contributed by atoms with Crippen molar-refractivity contribution in [2.24, 2.45) is 10.9 Å². The number of benzene rings is 8. The Morgan fingerprint density at radius 1 is 0.480 bits per heavy atom. The topological polar surface area (TPSA) is 17.3 Å². The summed E-state index contributed by atoms with van der Waals surface area (Å²) in [6.45, 7) is 2.33. The van der Waals surface area contributed by atoms with Crippen molar-refractivity contribution in [1.82, 2.24) is 4.57 Å². The van der Waals surface area contributed by atoms with Crippen molar-refractivity contribution in [2.45, 2.75) is 13.0 Å². The van der Waals surface area contributed by atoms with Crippen LogP contribution in [0, 0.1) is 5.92 Å². The highest BCUT2D eigenvalue weighted by Gasteiger charge is 2.30. The summed E-state index contributed by atoms with van der Waals surface area (Å²) >= 11 is 0. The number of nitrogens with zero attached hydrogens (tertiary/aromatic N) is 2. The maximum absolute atomic E-state index is 5.74. The molecule has 8 aromatic carbocycles. The predicted molar refractivity (Wildman–Crippen MR) is 213 cm³/mol. The van der Waals surface area contributed by atoms with Crippen molar-refractivity contribution in [2.75, 3.05) is 0 Å². The van der Waals surface area contributed by atoms with Crippen LogP contribution in [0.15, 0.2) is 181 Å². The first-order chi connectivity index (χ1) is 24.7. The first kappa shape index (κ1) is 28.7. The molecule has 2 unspecified atom stereocenters. The van der Waals surface area contributed by atoms with Gasteiger partial charge in [-0.3, -0.25) is 9.56 Å². The van der Waals surface area contributed by atoms with Gasteiger partial charge in [-0.05, 0) is 67.6 Å². The third-order valence-electron chi connectivity index (χ3n) is 10.7. The molecule has 2 atom stereocenters. The lowest BCUT2D eigenvalue weighted by Gasteiger charge is -2.30. The first-order valence-corrected chi connectivity index (χ1v) is 17.5. The molecule has 10 rings (SSSR count). The molecule has 0 N–H and O–H groups in total. The molecule has 0 saturated heterocycles. The van der Waals surface area contributed by atoms with Crippen LogP contribution in [-0.2, 0) is 0 Å². The molecule has 2 heterocycles. The summed E-state index contributed by atoms with van der Waals surface area (Å²) in [7, 11) is 0. The van der Waals surface area contributed by atoms with Crippen LogP contribution in [-0.4, -0.2) is 10.4 Å². The predicted octanol–water partition coefficient (Wildman–Crippen LogP) is 12.6. The second-order valence-electron chi connectivity index (χ2n) is 13.5. The Morgan fingerprint density at radius 2 is 1.12 bits per heavy atom. The van der Waals surface area contributed by atoms with Crippen LogP contribution in [0.25, 0.3) is 70.8 Å². The lowest BCUT2D eigenvalue weighted by molar-refractivity contribution is 0.577. The van der Waals surface area contributed by atoms with Gasteiger partial charge in [0.25, 0.3) is 0 Å². The molecule has 0 amide bonds. The van der Waals surface area contributed by atoms with Gasteiger partial charge in [0, 0.05) is 27.5 Å². The number of hydrogen-bond acceptors (Lipinski definition) is 1. The van der Waals surface area contributed by atoms with Gasteiger partial charge in [-0.1, -0.05) is 165 Å². The number of fused-ring (bicyclic) bond motifs is 10. The van der Waals surface area contributed by atoms with E-state index in [1.165, 1.54) is 82.0 Å². The molecular weight excluding hydrogens is 605 g/mol. The summed E-state index contributed by atoms with van der Waals surface area (Å²) in [6.07, 6.45) is 2.35. The second-order valence-corrected chi connectivity index (χ2v) is 13.5. The van der Waals surface area contributed by atoms with E-state index in [-0.39, 0.29) is 12.0 Å². The number of dihydropyridines is 1. The molecule has 1 aromatic heterocycles. The SMILES string of the molecule is CC1C(c2ccccc2)=CC(n2c3ccccc3c3c4c5ccccc5ccc4c4ccccc4c32)=NC1c1cccc(-c2ccccc2)c1. The average molecular weight is 639 g/mol. The zero-order valence-corrected chi connectivity index (χ0v) is 27.8. The number of rotatable bonds is 3. The van der Waals surface area contributed by atoms with Crippen LogP contribution in [0.2, 0.25) is 0 Å². The Hall–Kier alpha value is -6.25. The molecule has 0 spiro atoms. The number of aliphatic imine (C=N–C) groups is 1. The number of aromatic nitrogens is 1. The maximum atomic E-state index is 5.74. The zero-order valence-electron chi connectivity index (χ0n) is 27.8. The quantitative estimate of drug-likeness (QED) is 0.171. The van der Waals surface area contributed by atoms with Crippen molar-refractivity contribution in [3.05, 3.63) is 187 Å². The van der Waals surface area contributed by atoms with Crippen molar-refractivity contribution < 1.29 is 0 Å². The Kier molecular flexibility index (Phi) is 6.57. The van der Waals surface area contributed by atoms with Gasteiger partial charge >= 0.3 is 0 Å². The summed E-state index contributed by atoms with van der Waals surface area (Å²) in [6, 6.07) is 61.6. The van der Waals surface area contributed by atoms with Crippen LogP contribution in [0.1, 0.15) is 24.1 Å². The minimum absolute atomic E-state index is 0.0716. The lowest BCUT2D eigenvalue weighted by atomic mass is 9.82. The zero-order chi connectivity index (χ0) is 33.2. The fraction of sp³-hybridized carbons (Fsp3) is 0.0625. The summed E-state index contributed by atoms with van der Waals surface area (Å²) in [5.41, 5.74) is 8.56. The van der Waals surface area contributed by atoms with Gasteiger partial charge < -0.3 is 0 Å². The van der Waals surface area contributed by atoms with Gasteiger partial charge in [-0.25, -0.2) is 0 Å². The van der Waals surface area contributed by atoms with Crippen LogP contribution < -0.4 is 0 Å². The van der Waals surface area contributed by atoms with E-state index in [1.807, 2.05) is 0 Å². The lowest BCUT2D eigenvalue weighted by Crippen LogP contribution is -2.22. The van der Waals surface area contributed by atoms with E-state index in [0.717, 1.165) is 5.84 Å². The molecule has 0 fully saturated rings. The van der Waals surface area contributed by atoms with Gasteiger partial charge in [0.15, 0.2) is 0 Å². The van der Waals surface area contributed by atoms with E-state index in [1.54, 1.807) is 0 Å². The number of hydrogen-bond donors (Lipinski definition) is 0. The molecular formula is C48H34N2. The van der Waals surface area contributed by atoms with Gasteiger partial charge in [-0.15, -0.1) is 0 Å². The molecule has 0 radical (unpaired) electrons. The van der Waals surface area contributed by atoms with Crippen LogP contribution in [0.5, 0.6) is 0 Å². The van der Waals surface area contributed by atoms with Gasteiger partial charge in [-0.2, -0.15) is 0 Å². The highest BCUT2D eigenvalue weighted by atomic mass is 15.1. The van der Waals surface area contributed by atoms with E-state index < -0.39 is 0 Å². The van der Waals surface area contributed by atoms with Crippen molar-refractivity contribution in [3.63, 3.8) is 0 Å². The summed E-state index contributed by atoms with van der Waals surface area (Å²) < 4.78 is 2.46. The molecule has 9 aromatic rings. The fourth-order valence-corrected chi connectivity index (χ4v) is 8.40. The van der Waals surface area contributed by atoms with Crippen molar-refractivity contribution in [3.8, 4) is 11.1 Å².